The molecule has 0 bridgehead atoms. The van der Waals surface area contributed by atoms with E-state index in [-0.39, 0.29) is 12.0 Å². The highest BCUT2D eigenvalue weighted by molar-refractivity contribution is 5.97. The second-order valence-corrected chi connectivity index (χ2v) is 5.51. The number of nitrogens with zero attached hydrogens (tertiary/aromatic N) is 1. The minimum Gasteiger partial charge on any atom is -0.486 e. The average molecular weight is 277 g/mol. The number of ether oxygens (including phenoxy) is 2. The first kappa shape index (κ1) is 13.2. The normalized spacial score (nSPS) is 23.9. The second kappa shape index (κ2) is 5.32. The van der Waals surface area contributed by atoms with Crippen molar-refractivity contribution in [2.75, 3.05) is 26.8 Å². The Morgan fingerprint density at radius 1 is 1.35 bits per heavy atom. The highest BCUT2D eigenvalue weighted by Crippen LogP contribution is 2.35. The highest BCUT2D eigenvalue weighted by atomic mass is 16.6. The van der Waals surface area contributed by atoms with Gasteiger partial charge in [-0.1, -0.05) is 6.07 Å². The van der Waals surface area contributed by atoms with Crippen molar-refractivity contribution >= 4 is 5.91 Å². The number of carbonyl (C=O) groups is 1. The maximum atomic E-state index is 12.5. The molecule has 1 aromatic carbocycles. The van der Waals surface area contributed by atoms with Crippen LogP contribution < -0.4 is 9.47 Å². The minimum atomic E-state index is -0.190. The number of para-hydroxylation sites is 1. The molecule has 0 saturated heterocycles. The van der Waals surface area contributed by atoms with Crippen molar-refractivity contribution in [1.29, 1.82) is 0 Å². The van der Waals surface area contributed by atoms with E-state index in [0.717, 1.165) is 12.8 Å². The Kier molecular flexibility index (Phi) is 3.53. The molecule has 0 aromatic heterocycles. The van der Waals surface area contributed by atoms with Crippen LogP contribution >= 0.6 is 0 Å². The molecule has 1 amide bonds. The number of rotatable bonds is 3. The minimum absolute atomic E-state index is 0.0614. The summed E-state index contributed by atoms with van der Waals surface area (Å²) < 4.78 is 11.1. The van der Waals surface area contributed by atoms with Gasteiger partial charge in [-0.3, -0.25) is 4.79 Å². The summed E-state index contributed by atoms with van der Waals surface area (Å²) in [5.74, 6) is 1.52. The standard InChI is InChI=1S/C15H19NO4/c1-16(9-10-7-11(17)8-10)15(18)12-3-2-4-13-14(12)20-6-5-19-13/h2-4,10-11,17H,5-9H2,1H3. The molecular formula is C15H19NO4. The molecule has 0 atom stereocenters. The van der Waals surface area contributed by atoms with Crippen LogP contribution in [-0.4, -0.2) is 48.8 Å². The predicted molar refractivity (Wildman–Crippen MR) is 73.1 cm³/mol. The zero-order valence-corrected chi connectivity index (χ0v) is 11.5. The Morgan fingerprint density at radius 3 is 2.85 bits per heavy atom. The number of hydrogen-bond acceptors (Lipinski definition) is 4. The van der Waals surface area contributed by atoms with Crippen LogP contribution in [0.2, 0.25) is 0 Å². The topological polar surface area (TPSA) is 59.0 Å². The summed E-state index contributed by atoms with van der Waals surface area (Å²) in [6.07, 6.45) is 1.37. The molecule has 2 aliphatic rings. The van der Waals surface area contributed by atoms with Gasteiger partial charge in [-0.05, 0) is 30.9 Å². The zero-order valence-electron chi connectivity index (χ0n) is 11.5. The Hall–Kier alpha value is -1.75. The number of carbonyl (C=O) groups excluding carboxylic acids is 1. The SMILES string of the molecule is CN(CC1CC(O)C1)C(=O)c1cccc2c1OCCO2. The maximum Gasteiger partial charge on any atom is 0.257 e. The Balaban J connectivity index is 1.73. The van der Waals surface area contributed by atoms with Gasteiger partial charge in [-0.15, -0.1) is 0 Å². The van der Waals surface area contributed by atoms with Gasteiger partial charge >= 0.3 is 0 Å². The van der Waals surface area contributed by atoms with E-state index in [2.05, 4.69) is 0 Å². The van der Waals surface area contributed by atoms with Crippen LogP contribution in [0.1, 0.15) is 23.2 Å². The summed E-state index contributed by atoms with van der Waals surface area (Å²) in [4.78, 5) is 14.2. The largest absolute Gasteiger partial charge is 0.486 e. The van der Waals surface area contributed by atoms with Crippen molar-refractivity contribution in [2.45, 2.75) is 18.9 Å². The average Bonchev–Trinajstić information content (AvgIpc) is 2.44. The van der Waals surface area contributed by atoms with Crippen LogP contribution in [0.5, 0.6) is 11.5 Å². The van der Waals surface area contributed by atoms with Gasteiger partial charge in [0.05, 0.1) is 11.7 Å². The van der Waals surface area contributed by atoms with E-state index in [1.54, 1.807) is 18.0 Å². The molecule has 108 valence electrons. The second-order valence-electron chi connectivity index (χ2n) is 5.51. The fourth-order valence-electron chi connectivity index (χ4n) is 2.77. The van der Waals surface area contributed by atoms with Gasteiger partial charge in [-0.25, -0.2) is 0 Å². The van der Waals surface area contributed by atoms with Crippen molar-refractivity contribution in [2.24, 2.45) is 5.92 Å². The van der Waals surface area contributed by atoms with E-state index >= 15 is 0 Å². The molecular weight excluding hydrogens is 258 g/mol. The van der Waals surface area contributed by atoms with E-state index < -0.39 is 0 Å². The number of benzene rings is 1. The van der Waals surface area contributed by atoms with Crippen LogP contribution in [0.25, 0.3) is 0 Å². The van der Waals surface area contributed by atoms with Crippen molar-refractivity contribution in [3.63, 3.8) is 0 Å². The number of aliphatic hydroxyl groups is 1. The molecule has 0 unspecified atom stereocenters. The summed E-state index contributed by atoms with van der Waals surface area (Å²) >= 11 is 0. The van der Waals surface area contributed by atoms with E-state index in [1.807, 2.05) is 12.1 Å². The van der Waals surface area contributed by atoms with Crippen LogP contribution in [0, 0.1) is 5.92 Å². The summed E-state index contributed by atoms with van der Waals surface area (Å²) in [5.41, 5.74) is 0.546. The number of hydrogen-bond donors (Lipinski definition) is 1. The summed E-state index contributed by atoms with van der Waals surface area (Å²) in [5, 5.41) is 9.30. The fraction of sp³-hybridized carbons (Fsp3) is 0.533. The lowest BCUT2D eigenvalue weighted by Gasteiger charge is -2.34. The molecule has 1 aliphatic carbocycles. The molecule has 3 rings (SSSR count). The molecule has 1 heterocycles. The fourth-order valence-corrected chi connectivity index (χ4v) is 2.77. The van der Waals surface area contributed by atoms with Gasteiger partial charge in [0.25, 0.3) is 5.91 Å². The molecule has 5 heteroatoms. The van der Waals surface area contributed by atoms with E-state index in [9.17, 15) is 9.90 Å². The molecule has 1 aliphatic heterocycles. The molecule has 0 radical (unpaired) electrons. The van der Waals surface area contributed by atoms with E-state index in [0.29, 0.717) is 42.7 Å². The highest BCUT2D eigenvalue weighted by Gasteiger charge is 2.30. The third-order valence-corrected chi connectivity index (χ3v) is 3.89. The lowest BCUT2D eigenvalue weighted by atomic mass is 9.82. The third kappa shape index (κ3) is 2.45. The number of aliphatic hydroxyl groups excluding tert-OH is 1. The van der Waals surface area contributed by atoms with Crippen molar-refractivity contribution in [1.82, 2.24) is 4.90 Å². The van der Waals surface area contributed by atoms with Gasteiger partial charge in [0.2, 0.25) is 0 Å². The summed E-state index contributed by atoms with van der Waals surface area (Å²) in [6.45, 7) is 1.65. The summed E-state index contributed by atoms with van der Waals surface area (Å²) in [6, 6.07) is 5.39. The van der Waals surface area contributed by atoms with Crippen LogP contribution in [0.4, 0.5) is 0 Å². The molecule has 1 fully saturated rings. The maximum absolute atomic E-state index is 12.5. The van der Waals surface area contributed by atoms with Crippen LogP contribution in [-0.2, 0) is 0 Å². The molecule has 5 nitrogen and oxygen atoms in total. The van der Waals surface area contributed by atoms with E-state index in [4.69, 9.17) is 9.47 Å². The van der Waals surface area contributed by atoms with Crippen LogP contribution in [0.3, 0.4) is 0 Å². The third-order valence-electron chi connectivity index (χ3n) is 3.89. The first-order chi connectivity index (χ1) is 9.65. The van der Waals surface area contributed by atoms with Gasteiger partial charge in [0, 0.05) is 13.6 Å². The molecule has 1 N–H and O–H groups in total. The van der Waals surface area contributed by atoms with Gasteiger partial charge in [0.1, 0.15) is 13.2 Å². The Labute approximate surface area is 118 Å². The molecule has 20 heavy (non-hydrogen) atoms. The van der Waals surface area contributed by atoms with Crippen LogP contribution in [0.15, 0.2) is 18.2 Å². The molecule has 1 saturated carbocycles. The van der Waals surface area contributed by atoms with Crippen molar-refractivity contribution in [3.05, 3.63) is 23.8 Å². The lowest BCUT2D eigenvalue weighted by Crippen LogP contribution is -2.39. The first-order valence-electron chi connectivity index (χ1n) is 6.97. The molecule has 1 aromatic rings. The van der Waals surface area contributed by atoms with Crippen molar-refractivity contribution < 1.29 is 19.4 Å². The van der Waals surface area contributed by atoms with Gasteiger partial charge in [-0.2, -0.15) is 0 Å². The Morgan fingerprint density at radius 2 is 2.10 bits per heavy atom. The molecule has 0 spiro atoms. The Bertz CT molecular complexity index is 511. The van der Waals surface area contributed by atoms with Gasteiger partial charge in [0.15, 0.2) is 11.5 Å². The smallest absolute Gasteiger partial charge is 0.257 e. The predicted octanol–water partition coefficient (Wildman–Crippen LogP) is 1.30. The first-order valence-corrected chi connectivity index (χ1v) is 6.97. The number of amides is 1. The van der Waals surface area contributed by atoms with E-state index in [1.165, 1.54) is 0 Å². The quantitative estimate of drug-likeness (QED) is 0.904. The number of fused-ring (bicyclic) bond motifs is 1. The monoisotopic (exact) mass is 277 g/mol. The van der Waals surface area contributed by atoms with Gasteiger partial charge < -0.3 is 19.5 Å². The van der Waals surface area contributed by atoms with Crippen molar-refractivity contribution in [3.8, 4) is 11.5 Å². The summed E-state index contributed by atoms with van der Waals surface area (Å²) in [7, 11) is 1.79. The lowest BCUT2D eigenvalue weighted by molar-refractivity contribution is 0.0263. The zero-order chi connectivity index (χ0) is 14.1.